The molecule has 1 fully saturated rings. The number of hydrogen-bond donors (Lipinski definition) is 0. The molecule has 1 saturated carbocycles. The number of halogens is 1. The van der Waals surface area contributed by atoms with Gasteiger partial charge in [-0.2, -0.15) is 4.98 Å². The van der Waals surface area contributed by atoms with Crippen molar-refractivity contribution < 1.29 is 0 Å². The molecule has 0 N–H and O–H groups in total. The first-order valence-electron chi connectivity index (χ1n) is 3.91. The van der Waals surface area contributed by atoms with E-state index in [0.717, 1.165) is 18.5 Å². The van der Waals surface area contributed by atoms with Crippen LogP contribution in [0.25, 0.3) is 0 Å². The minimum absolute atomic E-state index is 0.221. The van der Waals surface area contributed by atoms with Gasteiger partial charge in [0.05, 0.1) is 10.7 Å². The first kappa shape index (κ1) is 7.80. The van der Waals surface area contributed by atoms with Gasteiger partial charge in [-0.15, -0.1) is 0 Å². The SMILES string of the molecule is Cn1cc(Cl)c(C2CC2)nc1=O. The van der Waals surface area contributed by atoms with Crippen molar-refractivity contribution in [1.82, 2.24) is 9.55 Å². The molecule has 0 saturated heterocycles. The van der Waals surface area contributed by atoms with E-state index in [-0.39, 0.29) is 5.69 Å². The van der Waals surface area contributed by atoms with Gasteiger partial charge in [-0.3, -0.25) is 0 Å². The number of nitrogens with zero attached hydrogens (tertiary/aromatic N) is 2. The smallest absolute Gasteiger partial charge is 0.301 e. The fraction of sp³-hybridized carbons (Fsp3) is 0.500. The number of aryl methyl sites for hydroxylation is 1. The van der Waals surface area contributed by atoms with E-state index in [0.29, 0.717) is 10.9 Å². The van der Waals surface area contributed by atoms with Gasteiger partial charge in [0.1, 0.15) is 0 Å². The van der Waals surface area contributed by atoms with E-state index >= 15 is 0 Å². The molecule has 0 aromatic carbocycles. The Kier molecular flexibility index (Phi) is 1.68. The van der Waals surface area contributed by atoms with Crippen molar-refractivity contribution in [1.29, 1.82) is 0 Å². The molecule has 1 heterocycles. The Morgan fingerprint density at radius 2 is 2.33 bits per heavy atom. The van der Waals surface area contributed by atoms with Crippen LogP contribution >= 0.6 is 11.6 Å². The van der Waals surface area contributed by atoms with Gasteiger partial charge >= 0.3 is 5.69 Å². The summed E-state index contributed by atoms with van der Waals surface area (Å²) in [6.07, 6.45) is 3.85. The van der Waals surface area contributed by atoms with Crippen molar-refractivity contribution in [2.75, 3.05) is 0 Å². The van der Waals surface area contributed by atoms with Crippen LogP contribution < -0.4 is 5.69 Å². The van der Waals surface area contributed by atoms with Crippen molar-refractivity contribution in [2.24, 2.45) is 7.05 Å². The third kappa shape index (κ3) is 1.25. The van der Waals surface area contributed by atoms with Crippen molar-refractivity contribution in [3.63, 3.8) is 0 Å². The first-order chi connectivity index (χ1) is 5.68. The lowest BCUT2D eigenvalue weighted by molar-refractivity contribution is 0.785. The molecule has 64 valence electrons. The molecule has 1 aliphatic rings. The van der Waals surface area contributed by atoms with Crippen LogP contribution in [0.15, 0.2) is 11.0 Å². The third-order valence-electron chi connectivity index (χ3n) is 2.03. The quantitative estimate of drug-likeness (QED) is 0.660. The zero-order chi connectivity index (χ0) is 8.72. The molecule has 0 unspecified atom stereocenters. The van der Waals surface area contributed by atoms with Gasteiger partial charge in [-0.1, -0.05) is 11.6 Å². The highest BCUT2D eigenvalue weighted by Crippen LogP contribution is 2.41. The topological polar surface area (TPSA) is 34.9 Å². The van der Waals surface area contributed by atoms with Gasteiger partial charge < -0.3 is 4.57 Å². The van der Waals surface area contributed by atoms with E-state index in [9.17, 15) is 4.79 Å². The summed E-state index contributed by atoms with van der Waals surface area (Å²) < 4.78 is 1.40. The minimum Gasteiger partial charge on any atom is -0.301 e. The van der Waals surface area contributed by atoms with Crippen LogP contribution in [0.3, 0.4) is 0 Å². The Morgan fingerprint density at radius 1 is 1.67 bits per heavy atom. The maximum Gasteiger partial charge on any atom is 0.347 e. The highest BCUT2D eigenvalue weighted by molar-refractivity contribution is 6.31. The summed E-state index contributed by atoms with van der Waals surface area (Å²) in [6, 6.07) is 0. The van der Waals surface area contributed by atoms with Crippen molar-refractivity contribution in [3.8, 4) is 0 Å². The van der Waals surface area contributed by atoms with Crippen LogP contribution in [0.1, 0.15) is 24.5 Å². The van der Waals surface area contributed by atoms with E-state index in [2.05, 4.69) is 4.98 Å². The average Bonchev–Trinajstić information content (AvgIpc) is 2.79. The molecule has 0 aliphatic heterocycles. The molecule has 0 atom stereocenters. The molecule has 1 aromatic heterocycles. The minimum atomic E-state index is -0.221. The fourth-order valence-electron chi connectivity index (χ4n) is 1.17. The summed E-state index contributed by atoms with van der Waals surface area (Å²) in [4.78, 5) is 15.0. The fourth-order valence-corrected chi connectivity index (χ4v) is 1.51. The molecular formula is C8H9ClN2O. The molecule has 1 aromatic rings. The molecule has 4 heteroatoms. The summed E-state index contributed by atoms with van der Waals surface area (Å²) in [5, 5.41) is 0.611. The zero-order valence-electron chi connectivity index (χ0n) is 6.75. The van der Waals surface area contributed by atoms with E-state index in [1.807, 2.05) is 0 Å². The Bertz CT molecular complexity index is 368. The molecule has 2 rings (SSSR count). The van der Waals surface area contributed by atoms with E-state index in [1.165, 1.54) is 4.57 Å². The maximum atomic E-state index is 11.1. The Hall–Kier alpha value is -0.830. The first-order valence-corrected chi connectivity index (χ1v) is 4.29. The summed E-state index contributed by atoms with van der Waals surface area (Å²) in [5.41, 5.74) is 0.557. The number of hydrogen-bond acceptors (Lipinski definition) is 2. The lowest BCUT2D eigenvalue weighted by Gasteiger charge is -2.01. The van der Waals surface area contributed by atoms with Gasteiger partial charge in [0.2, 0.25) is 0 Å². The van der Waals surface area contributed by atoms with Crippen LogP contribution in [0, 0.1) is 0 Å². The Morgan fingerprint density at radius 3 is 2.92 bits per heavy atom. The number of aromatic nitrogens is 2. The molecule has 3 nitrogen and oxygen atoms in total. The maximum absolute atomic E-state index is 11.1. The molecule has 0 radical (unpaired) electrons. The second-order valence-electron chi connectivity index (χ2n) is 3.14. The van der Waals surface area contributed by atoms with E-state index < -0.39 is 0 Å². The molecule has 0 amide bonds. The van der Waals surface area contributed by atoms with Crippen LogP contribution in [-0.4, -0.2) is 9.55 Å². The number of rotatable bonds is 1. The average molecular weight is 185 g/mol. The van der Waals surface area contributed by atoms with Crippen LogP contribution in [0.2, 0.25) is 5.02 Å². The highest BCUT2D eigenvalue weighted by Gasteiger charge is 2.27. The standard InChI is InChI=1S/C8H9ClN2O/c1-11-4-6(9)7(5-2-3-5)10-8(11)12/h4-5H,2-3H2,1H3. The van der Waals surface area contributed by atoms with Gasteiger partial charge in [-0.05, 0) is 12.8 Å². The van der Waals surface area contributed by atoms with Crippen molar-refractivity contribution >= 4 is 11.6 Å². The normalized spacial score (nSPS) is 16.5. The van der Waals surface area contributed by atoms with Crippen molar-refractivity contribution in [3.05, 3.63) is 27.4 Å². The second kappa shape index (κ2) is 2.59. The van der Waals surface area contributed by atoms with Gasteiger partial charge in [0.25, 0.3) is 0 Å². The van der Waals surface area contributed by atoms with E-state index in [1.54, 1.807) is 13.2 Å². The van der Waals surface area contributed by atoms with Crippen LogP contribution in [0.5, 0.6) is 0 Å². The monoisotopic (exact) mass is 184 g/mol. The predicted molar refractivity (Wildman–Crippen MR) is 46.5 cm³/mol. The van der Waals surface area contributed by atoms with Crippen LogP contribution in [0.4, 0.5) is 0 Å². The summed E-state index contributed by atoms with van der Waals surface area (Å²) in [7, 11) is 1.65. The third-order valence-corrected chi connectivity index (χ3v) is 2.32. The van der Waals surface area contributed by atoms with Crippen molar-refractivity contribution in [2.45, 2.75) is 18.8 Å². The van der Waals surface area contributed by atoms with E-state index in [4.69, 9.17) is 11.6 Å². The highest BCUT2D eigenvalue weighted by atomic mass is 35.5. The zero-order valence-corrected chi connectivity index (χ0v) is 7.51. The molecule has 0 bridgehead atoms. The largest absolute Gasteiger partial charge is 0.347 e. The predicted octanol–water partition coefficient (Wildman–Crippen LogP) is 1.31. The van der Waals surface area contributed by atoms with Gasteiger partial charge in [-0.25, -0.2) is 4.79 Å². The summed E-state index contributed by atoms with van der Waals surface area (Å²) in [5.74, 6) is 0.436. The Balaban J connectivity index is 2.54. The molecule has 0 spiro atoms. The Labute approximate surface area is 75.0 Å². The summed E-state index contributed by atoms with van der Waals surface area (Å²) in [6.45, 7) is 0. The summed E-state index contributed by atoms with van der Waals surface area (Å²) >= 11 is 5.91. The molecular weight excluding hydrogens is 176 g/mol. The molecule has 12 heavy (non-hydrogen) atoms. The van der Waals surface area contributed by atoms with Gasteiger partial charge in [0, 0.05) is 19.2 Å². The second-order valence-corrected chi connectivity index (χ2v) is 3.55. The lowest BCUT2D eigenvalue weighted by atomic mass is 10.3. The lowest BCUT2D eigenvalue weighted by Crippen LogP contribution is -2.20. The van der Waals surface area contributed by atoms with Gasteiger partial charge in [0.15, 0.2) is 0 Å². The molecule has 1 aliphatic carbocycles. The van der Waals surface area contributed by atoms with Crippen LogP contribution in [-0.2, 0) is 7.05 Å².